The van der Waals surface area contributed by atoms with Crippen molar-refractivity contribution >= 4 is 6.03 Å². The van der Waals surface area contributed by atoms with E-state index < -0.39 is 6.03 Å². The summed E-state index contributed by atoms with van der Waals surface area (Å²) in [7, 11) is 0. The smallest absolute Gasteiger partial charge is 0.316 e. The minimum atomic E-state index is -0.400. The minimum absolute atomic E-state index is 0. The van der Waals surface area contributed by atoms with Crippen LogP contribution < -0.4 is 5.73 Å². The largest absolute Gasteiger partial charge is 0.359 e. The predicted octanol–water partition coefficient (Wildman–Crippen LogP) is 0.379. The van der Waals surface area contributed by atoms with E-state index in [0.29, 0.717) is 19.9 Å². The Balaban J connectivity index is 0. The van der Waals surface area contributed by atoms with Crippen molar-refractivity contribution in [1.29, 1.82) is 0 Å². The van der Waals surface area contributed by atoms with Gasteiger partial charge in [0, 0.05) is 25.1 Å². The summed E-state index contributed by atoms with van der Waals surface area (Å²) in [4.78, 5) is 11.7. The summed E-state index contributed by atoms with van der Waals surface area (Å²) < 4.78 is 4.84. The fourth-order valence-electron chi connectivity index (χ4n) is 0.588. The van der Waals surface area contributed by atoms with Crippen molar-refractivity contribution in [2.24, 2.45) is 5.73 Å². The van der Waals surface area contributed by atoms with Gasteiger partial charge in [0.05, 0.1) is 6.61 Å². The monoisotopic (exact) mass is 197 g/mol. The molecule has 0 aliphatic carbocycles. The van der Waals surface area contributed by atoms with Crippen molar-refractivity contribution in [1.82, 2.24) is 4.90 Å². The normalized spacial score (nSPS) is 14.5. The van der Waals surface area contributed by atoms with E-state index in [9.17, 15) is 4.79 Å². The number of carbonyl (C=O) groups is 1. The van der Waals surface area contributed by atoms with Crippen molar-refractivity contribution in [3.05, 3.63) is 0 Å². The first-order chi connectivity index (χ1) is 4.80. The number of carbonyl (C=O) groups excluding carboxylic acids is 1. The molecule has 0 aromatic rings. The van der Waals surface area contributed by atoms with Gasteiger partial charge in [-0.3, -0.25) is 4.90 Å². The van der Waals surface area contributed by atoms with Crippen LogP contribution in [-0.2, 0) is 23.3 Å². The van der Waals surface area contributed by atoms with Gasteiger partial charge in [-0.15, -0.1) is 0 Å². The van der Waals surface area contributed by atoms with Crippen LogP contribution in [0.15, 0.2) is 0 Å². The maximum atomic E-state index is 10.3. The number of urea groups is 1. The number of primary amides is 1. The van der Waals surface area contributed by atoms with Crippen LogP contribution in [0, 0.1) is 0 Å². The van der Waals surface area contributed by atoms with Crippen LogP contribution in [0.5, 0.6) is 0 Å². The molecule has 1 aliphatic heterocycles. The summed E-state index contributed by atoms with van der Waals surface area (Å²) in [5, 5.41) is 0. The summed E-state index contributed by atoms with van der Waals surface area (Å²) in [6.45, 7) is 5.60. The van der Waals surface area contributed by atoms with Gasteiger partial charge in [-0.1, -0.05) is 13.8 Å². The number of hydrogen-bond donors (Lipinski definition) is 1. The summed E-state index contributed by atoms with van der Waals surface area (Å²) in [5.74, 6) is 0. The van der Waals surface area contributed by atoms with Gasteiger partial charge in [0.2, 0.25) is 0 Å². The van der Waals surface area contributed by atoms with Crippen LogP contribution in [0.3, 0.4) is 0 Å². The zero-order valence-corrected chi connectivity index (χ0v) is 8.31. The Hall–Kier alpha value is -0.186. The molecule has 1 aliphatic rings. The van der Waals surface area contributed by atoms with Gasteiger partial charge in [0.25, 0.3) is 0 Å². The molecule has 0 unspecified atom stereocenters. The Morgan fingerprint density at radius 2 is 2.09 bits per heavy atom. The topological polar surface area (TPSA) is 55.6 Å². The first kappa shape index (κ1) is 13.4. The third-order valence-corrected chi connectivity index (χ3v) is 1.06. The molecule has 1 rings (SSSR count). The molecule has 0 atom stereocenters. The van der Waals surface area contributed by atoms with Crippen molar-refractivity contribution < 1.29 is 28.1 Å². The molecule has 11 heavy (non-hydrogen) atoms. The number of hydrogen-bond acceptors (Lipinski definition) is 2. The van der Waals surface area contributed by atoms with Crippen LogP contribution >= 0.6 is 0 Å². The molecule has 1 heterocycles. The third kappa shape index (κ3) is 5.12. The number of nitrogens with zero attached hydrogens (tertiary/aromatic N) is 1. The van der Waals surface area contributed by atoms with Gasteiger partial charge >= 0.3 is 6.03 Å². The Morgan fingerprint density at radius 3 is 2.27 bits per heavy atom. The molecule has 0 saturated carbocycles. The van der Waals surface area contributed by atoms with Crippen LogP contribution in [0.25, 0.3) is 0 Å². The van der Waals surface area contributed by atoms with Crippen LogP contribution in [-0.4, -0.2) is 30.8 Å². The second kappa shape index (κ2) is 7.92. The summed E-state index contributed by atoms with van der Waals surface area (Å²) in [5.41, 5.74) is 4.90. The van der Waals surface area contributed by atoms with Crippen molar-refractivity contribution in [2.75, 3.05) is 19.9 Å². The molecular weight excluding hydrogens is 183 g/mol. The van der Waals surface area contributed by atoms with Crippen LogP contribution in [0.2, 0.25) is 0 Å². The van der Waals surface area contributed by atoms with E-state index in [2.05, 4.69) is 0 Å². The molecule has 5 heteroatoms. The van der Waals surface area contributed by atoms with Crippen LogP contribution in [0.1, 0.15) is 13.8 Å². The SMILES string of the molecule is CC.NC(=O)N1CCOC1.[V]. The zero-order chi connectivity index (χ0) is 7.98. The van der Waals surface area contributed by atoms with Gasteiger partial charge in [-0.2, -0.15) is 0 Å². The molecule has 1 fully saturated rings. The maximum Gasteiger partial charge on any atom is 0.316 e. The summed E-state index contributed by atoms with van der Waals surface area (Å²) in [6, 6.07) is -0.400. The van der Waals surface area contributed by atoms with E-state index in [1.165, 1.54) is 4.90 Å². The Bertz CT molecular complexity index is 105. The van der Waals surface area contributed by atoms with Gasteiger partial charge < -0.3 is 10.5 Å². The molecule has 0 spiro atoms. The molecule has 1 radical (unpaired) electrons. The van der Waals surface area contributed by atoms with Crippen molar-refractivity contribution in [3.8, 4) is 0 Å². The predicted molar refractivity (Wildman–Crippen MR) is 38.5 cm³/mol. The van der Waals surface area contributed by atoms with E-state index in [4.69, 9.17) is 10.5 Å². The van der Waals surface area contributed by atoms with Gasteiger partial charge in [-0.05, 0) is 0 Å². The number of nitrogens with two attached hydrogens (primary N) is 1. The summed E-state index contributed by atoms with van der Waals surface area (Å²) in [6.07, 6.45) is 0. The van der Waals surface area contributed by atoms with Gasteiger partial charge in [-0.25, -0.2) is 4.79 Å². The number of ether oxygens (including phenoxy) is 1. The minimum Gasteiger partial charge on any atom is -0.359 e. The average Bonchev–Trinajstić information content (AvgIpc) is 2.42. The molecule has 0 aromatic heterocycles. The first-order valence-corrected chi connectivity index (χ1v) is 3.43. The van der Waals surface area contributed by atoms with E-state index in [0.717, 1.165) is 0 Å². The Labute approximate surface area is 78.9 Å². The molecule has 4 nitrogen and oxygen atoms in total. The molecule has 0 aromatic carbocycles. The molecule has 0 bridgehead atoms. The maximum absolute atomic E-state index is 10.3. The summed E-state index contributed by atoms with van der Waals surface area (Å²) >= 11 is 0. The second-order valence-electron chi connectivity index (χ2n) is 1.64. The third-order valence-electron chi connectivity index (χ3n) is 1.06. The molecule has 65 valence electrons. The van der Waals surface area contributed by atoms with Crippen molar-refractivity contribution in [3.63, 3.8) is 0 Å². The van der Waals surface area contributed by atoms with E-state index in [1.54, 1.807) is 0 Å². The molecular formula is C6H14N2O2V. The quantitative estimate of drug-likeness (QED) is 0.610. The second-order valence-corrected chi connectivity index (χ2v) is 1.64. The van der Waals surface area contributed by atoms with Crippen LogP contribution in [0.4, 0.5) is 4.79 Å². The van der Waals surface area contributed by atoms with Gasteiger partial charge in [0.1, 0.15) is 6.73 Å². The average molecular weight is 197 g/mol. The fraction of sp³-hybridized carbons (Fsp3) is 0.833. The van der Waals surface area contributed by atoms with E-state index >= 15 is 0 Å². The standard InChI is InChI=1S/C4H8N2O2.C2H6.V/c5-4(7)6-1-2-8-3-6;1-2;/h1-3H2,(H2,5,7);1-2H3;. The van der Waals surface area contributed by atoms with E-state index in [1.807, 2.05) is 13.8 Å². The number of amides is 2. The molecule has 1 saturated heterocycles. The van der Waals surface area contributed by atoms with Gasteiger partial charge in [0.15, 0.2) is 0 Å². The molecule has 2 amide bonds. The number of rotatable bonds is 0. The Kier molecular flexibility index (Phi) is 9.65. The van der Waals surface area contributed by atoms with E-state index in [-0.39, 0.29) is 18.6 Å². The molecule has 2 N–H and O–H groups in total. The van der Waals surface area contributed by atoms with Crippen molar-refractivity contribution in [2.45, 2.75) is 13.8 Å². The Morgan fingerprint density at radius 1 is 1.55 bits per heavy atom. The fourth-order valence-corrected chi connectivity index (χ4v) is 0.588. The zero-order valence-electron chi connectivity index (χ0n) is 6.91. The first-order valence-electron chi connectivity index (χ1n) is 3.43.